The van der Waals surface area contributed by atoms with Crippen molar-refractivity contribution in [3.63, 3.8) is 0 Å². The molecule has 160 valence electrons. The van der Waals surface area contributed by atoms with Crippen LogP contribution in [0.15, 0.2) is 65.6 Å². The van der Waals surface area contributed by atoms with Crippen molar-refractivity contribution in [2.45, 2.75) is 37.5 Å². The fraction of sp³-hybridized carbons (Fsp3) is 0.320. The molecule has 2 aliphatic rings. The van der Waals surface area contributed by atoms with E-state index in [1.165, 1.54) is 0 Å². The number of methoxy groups -OCH3 is 1. The Balaban J connectivity index is 2.07. The fourth-order valence-corrected chi connectivity index (χ4v) is 4.58. The molecule has 0 radical (unpaired) electrons. The van der Waals surface area contributed by atoms with Gasteiger partial charge in [-0.05, 0) is 31.4 Å². The lowest BCUT2D eigenvalue weighted by molar-refractivity contribution is -0.742. The van der Waals surface area contributed by atoms with Crippen LogP contribution >= 0.6 is 0 Å². The number of ether oxygens (including phenoxy) is 1. The lowest BCUT2D eigenvalue weighted by Crippen LogP contribution is -2.66. The van der Waals surface area contributed by atoms with Gasteiger partial charge in [0.15, 0.2) is 12.4 Å². The van der Waals surface area contributed by atoms with Crippen LogP contribution in [0.1, 0.15) is 35.9 Å². The van der Waals surface area contributed by atoms with Crippen LogP contribution in [0.25, 0.3) is 5.41 Å². The average Bonchev–Trinajstić information content (AvgIpc) is 3.66. The standard InChI is InChI=1S/C25H23N5O2/c1-16-9-11-30(12-10-16)24-22(19-5-3-4-6-21(19)32-2)20(15-28)23(17(13-26)14-27)29-25(24,31)18-7-8-18/h3-6,9-12,18,22,24,29,31H,7-8H2,1-2H3. The normalized spacial score (nSPS) is 24.5. The third-order valence-corrected chi connectivity index (χ3v) is 6.28. The number of aryl methyl sites for hydroxylation is 1. The van der Waals surface area contributed by atoms with Gasteiger partial charge in [0.2, 0.25) is 11.8 Å². The van der Waals surface area contributed by atoms with E-state index in [9.17, 15) is 21.0 Å². The Morgan fingerprint density at radius 1 is 1.22 bits per heavy atom. The molecule has 7 heteroatoms. The van der Waals surface area contributed by atoms with E-state index in [0.29, 0.717) is 11.3 Å². The largest absolute Gasteiger partial charge is 0.762 e. The number of nitriles is 2. The van der Waals surface area contributed by atoms with E-state index >= 15 is 0 Å². The Hall–Kier alpha value is -3.90. The molecule has 4 rings (SSSR count). The number of pyridine rings is 1. The summed E-state index contributed by atoms with van der Waals surface area (Å²) in [6, 6.07) is 14.7. The van der Waals surface area contributed by atoms with Gasteiger partial charge in [0.05, 0.1) is 35.9 Å². The second kappa shape index (κ2) is 8.32. The van der Waals surface area contributed by atoms with Crippen LogP contribution in [-0.4, -0.2) is 23.8 Å². The lowest BCUT2D eigenvalue weighted by Gasteiger charge is -2.43. The first-order chi connectivity index (χ1) is 15.5. The van der Waals surface area contributed by atoms with E-state index in [4.69, 9.17) is 4.74 Å². The van der Waals surface area contributed by atoms with Gasteiger partial charge >= 0.3 is 0 Å². The van der Waals surface area contributed by atoms with Crippen LogP contribution in [0.2, 0.25) is 0 Å². The Morgan fingerprint density at radius 3 is 2.47 bits per heavy atom. The third-order valence-electron chi connectivity index (χ3n) is 6.28. The van der Waals surface area contributed by atoms with Crippen molar-refractivity contribution < 1.29 is 14.4 Å². The van der Waals surface area contributed by atoms with Crippen LogP contribution in [-0.2, 0) is 0 Å². The van der Waals surface area contributed by atoms with Crippen molar-refractivity contribution in [3.8, 4) is 17.9 Å². The summed E-state index contributed by atoms with van der Waals surface area (Å²) in [6.45, 7) is 1.98. The summed E-state index contributed by atoms with van der Waals surface area (Å²) in [5.41, 5.74) is 0.379. The van der Waals surface area contributed by atoms with Gasteiger partial charge in [-0.2, -0.15) is 15.1 Å². The van der Waals surface area contributed by atoms with E-state index in [-0.39, 0.29) is 22.8 Å². The smallest absolute Gasteiger partial charge is 0.217 e. The lowest BCUT2D eigenvalue weighted by atomic mass is 9.73. The molecular weight excluding hydrogens is 402 g/mol. The molecule has 1 fully saturated rings. The second-order valence-corrected chi connectivity index (χ2v) is 8.21. The number of aromatic nitrogens is 1. The molecule has 7 nitrogen and oxygen atoms in total. The van der Waals surface area contributed by atoms with Crippen molar-refractivity contribution in [1.29, 1.82) is 10.5 Å². The molecular formula is C25H23N5O2. The number of para-hydroxylation sites is 1. The molecule has 0 bridgehead atoms. The Bertz CT molecular complexity index is 1210. The van der Waals surface area contributed by atoms with Gasteiger partial charge in [-0.25, -0.2) is 5.87 Å². The minimum atomic E-state index is -1.47. The molecule has 2 aromatic rings. The molecule has 0 spiro atoms. The Kier molecular flexibility index (Phi) is 5.55. The number of hydrogen-bond donors (Lipinski definition) is 2. The number of aliphatic hydroxyl groups is 1. The molecule has 1 aromatic carbocycles. The van der Waals surface area contributed by atoms with Crippen molar-refractivity contribution in [2.75, 3.05) is 7.11 Å². The summed E-state index contributed by atoms with van der Waals surface area (Å²) in [5, 5.41) is 44.5. The van der Waals surface area contributed by atoms with E-state index in [0.717, 1.165) is 18.4 Å². The topological polar surface area (TPSA) is 115 Å². The average molecular weight is 425 g/mol. The minimum absolute atomic E-state index is 0.0896. The van der Waals surface area contributed by atoms with Crippen LogP contribution in [0.5, 0.6) is 5.75 Å². The maximum atomic E-state index is 12.1. The molecule has 3 atom stereocenters. The first-order valence-electron chi connectivity index (χ1n) is 10.4. The van der Waals surface area contributed by atoms with Gasteiger partial charge in [-0.15, -0.1) is 0 Å². The van der Waals surface area contributed by atoms with Crippen LogP contribution in [0.3, 0.4) is 0 Å². The van der Waals surface area contributed by atoms with Gasteiger partial charge in [0.25, 0.3) is 0 Å². The highest BCUT2D eigenvalue weighted by atomic mass is 16.5. The molecule has 3 unspecified atom stereocenters. The van der Waals surface area contributed by atoms with Gasteiger partial charge in [0.1, 0.15) is 11.8 Å². The zero-order chi connectivity index (χ0) is 22.9. The number of allylic oxidation sites excluding steroid dienone is 2. The predicted molar refractivity (Wildman–Crippen MR) is 117 cm³/mol. The maximum Gasteiger partial charge on any atom is 0.217 e. The number of nitrogens with zero attached hydrogens (tertiary/aromatic N) is 4. The zero-order valence-electron chi connectivity index (χ0n) is 17.9. The summed E-state index contributed by atoms with van der Waals surface area (Å²) in [7, 11) is 1.56. The van der Waals surface area contributed by atoms with Crippen LogP contribution in [0, 0.1) is 35.5 Å². The number of hydrogen-bond acceptors (Lipinski definition) is 5. The SMILES string of the molecule is COc1ccccc1C1C(C#N)=C(C(=C=[N-])C#N)NC(O)(C2CC2)C1[n+]1ccc(C)cc1. The van der Waals surface area contributed by atoms with E-state index in [2.05, 4.69) is 11.4 Å². The molecule has 1 saturated carbocycles. The third kappa shape index (κ3) is 3.44. The first-order valence-corrected chi connectivity index (χ1v) is 10.4. The molecule has 2 heterocycles. The predicted octanol–water partition coefficient (Wildman–Crippen LogP) is 2.78. The molecule has 1 aromatic heterocycles. The number of rotatable bonds is 5. The summed E-state index contributed by atoms with van der Waals surface area (Å²) < 4.78 is 7.51. The van der Waals surface area contributed by atoms with Gasteiger partial charge in [-0.1, -0.05) is 18.2 Å². The zero-order valence-corrected chi connectivity index (χ0v) is 17.9. The van der Waals surface area contributed by atoms with E-state index < -0.39 is 17.7 Å². The number of nitrogens with one attached hydrogen (secondary N) is 1. The molecule has 0 saturated heterocycles. The molecule has 1 aliphatic heterocycles. The summed E-state index contributed by atoms with van der Waals surface area (Å²) >= 11 is 0. The number of benzene rings is 1. The van der Waals surface area contributed by atoms with Crippen molar-refractivity contribution in [3.05, 3.63) is 82.2 Å². The van der Waals surface area contributed by atoms with Crippen molar-refractivity contribution in [2.24, 2.45) is 5.92 Å². The highest BCUT2D eigenvalue weighted by Gasteiger charge is 2.61. The molecule has 32 heavy (non-hydrogen) atoms. The van der Waals surface area contributed by atoms with Crippen molar-refractivity contribution in [1.82, 2.24) is 5.32 Å². The van der Waals surface area contributed by atoms with E-state index in [1.807, 2.05) is 66.2 Å². The fourth-order valence-electron chi connectivity index (χ4n) is 4.58. The Labute approximate surface area is 187 Å². The van der Waals surface area contributed by atoms with Gasteiger partial charge < -0.3 is 20.6 Å². The van der Waals surface area contributed by atoms with E-state index in [1.54, 1.807) is 13.2 Å². The van der Waals surface area contributed by atoms with Gasteiger partial charge in [0, 0.05) is 23.6 Å². The van der Waals surface area contributed by atoms with Crippen LogP contribution < -0.4 is 14.6 Å². The summed E-state index contributed by atoms with van der Waals surface area (Å²) in [4.78, 5) is 0. The molecule has 0 amide bonds. The van der Waals surface area contributed by atoms with Gasteiger partial charge in [-0.3, -0.25) is 0 Å². The molecule has 1 aliphatic carbocycles. The van der Waals surface area contributed by atoms with Crippen LogP contribution in [0.4, 0.5) is 0 Å². The Morgan fingerprint density at radius 2 is 1.91 bits per heavy atom. The quantitative estimate of drug-likeness (QED) is 0.434. The van der Waals surface area contributed by atoms with Crippen molar-refractivity contribution >= 4 is 5.87 Å². The molecule has 2 N–H and O–H groups in total. The maximum absolute atomic E-state index is 12.1. The first kappa shape index (κ1) is 21.3. The summed E-state index contributed by atoms with van der Waals surface area (Å²) in [5.74, 6) is 1.71. The second-order valence-electron chi connectivity index (χ2n) is 8.21. The summed E-state index contributed by atoms with van der Waals surface area (Å²) in [6.07, 6.45) is 5.37. The monoisotopic (exact) mass is 425 g/mol. The highest BCUT2D eigenvalue weighted by molar-refractivity contribution is 5.74. The highest BCUT2D eigenvalue weighted by Crippen LogP contribution is 2.53. The minimum Gasteiger partial charge on any atom is -0.762 e.